The third kappa shape index (κ3) is 5.47. The first-order valence-electron chi connectivity index (χ1n) is 9.77. The summed E-state index contributed by atoms with van der Waals surface area (Å²) in [5, 5.41) is 6.28. The normalized spacial score (nSPS) is 12.6. The van der Waals surface area contributed by atoms with Crippen molar-refractivity contribution in [3.8, 4) is 11.1 Å². The molecular formula is C24H25ClN3O2+. The molecule has 0 saturated carbocycles. The third-order valence-electron chi connectivity index (χ3n) is 4.99. The van der Waals surface area contributed by atoms with Crippen molar-refractivity contribution in [1.82, 2.24) is 0 Å². The molecule has 0 spiro atoms. The number of hydrogen-bond donors (Lipinski definition) is 3. The van der Waals surface area contributed by atoms with Gasteiger partial charge < -0.3 is 15.5 Å². The molecule has 1 unspecified atom stereocenters. The topological polar surface area (TPSA) is 62.6 Å². The molecule has 3 rings (SSSR count). The first-order chi connectivity index (χ1) is 14.5. The van der Waals surface area contributed by atoms with E-state index >= 15 is 0 Å². The van der Waals surface area contributed by atoms with Crippen LogP contribution in [0.3, 0.4) is 0 Å². The molecule has 0 fully saturated rings. The summed E-state index contributed by atoms with van der Waals surface area (Å²) in [6, 6.07) is 24.2. The molecule has 3 aromatic carbocycles. The molecule has 0 radical (unpaired) electrons. The van der Waals surface area contributed by atoms with Gasteiger partial charge in [-0.25, -0.2) is 0 Å². The van der Waals surface area contributed by atoms with Crippen molar-refractivity contribution in [1.29, 1.82) is 0 Å². The minimum Gasteiger partial charge on any atom is -0.320 e. The monoisotopic (exact) mass is 422 g/mol. The fourth-order valence-corrected chi connectivity index (χ4v) is 3.27. The van der Waals surface area contributed by atoms with Gasteiger partial charge in [0.2, 0.25) is 0 Å². The van der Waals surface area contributed by atoms with Crippen LogP contribution in [0.1, 0.15) is 6.92 Å². The summed E-state index contributed by atoms with van der Waals surface area (Å²) in [4.78, 5) is 26.0. The molecule has 0 heterocycles. The Morgan fingerprint density at radius 2 is 1.47 bits per heavy atom. The molecule has 154 valence electrons. The number of carbonyl (C=O) groups excluding carboxylic acids is 2. The largest absolute Gasteiger partial charge is 0.320 e. The van der Waals surface area contributed by atoms with Crippen LogP contribution < -0.4 is 15.5 Å². The Kier molecular flexibility index (Phi) is 7.22. The number of para-hydroxylation sites is 2. The molecule has 0 aliphatic rings. The first kappa shape index (κ1) is 21.6. The number of rotatable bonds is 7. The van der Waals surface area contributed by atoms with Crippen LogP contribution in [-0.4, -0.2) is 31.4 Å². The maximum atomic E-state index is 12.8. The number of amides is 2. The van der Waals surface area contributed by atoms with Crippen molar-refractivity contribution in [2.24, 2.45) is 0 Å². The van der Waals surface area contributed by atoms with Gasteiger partial charge in [0, 0.05) is 11.3 Å². The lowest BCUT2D eigenvalue weighted by Gasteiger charge is -2.21. The number of anilines is 2. The Morgan fingerprint density at radius 1 is 0.867 bits per heavy atom. The highest BCUT2D eigenvalue weighted by Gasteiger charge is 2.25. The van der Waals surface area contributed by atoms with Gasteiger partial charge in [-0.3, -0.25) is 9.59 Å². The zero-order chi connectivity index (χ0) is 21.5. The number of hydrogen-bond acceptors (Lipinski definition) is 2. The lowest BCUT2D eigenvalue weighted by molar-refractivity contribution is -0.885. The second kappa shape index (κ2) is 10.1. The molecule has 2 atom stereocenters. The number of nitrogens with one attached hydrogen (secondary N) is 3. The van der Waals surface area contributed by atoms with Crippen molar-refractivity contribution in [2.75, 3.05) is 24.2 Å². The van der Waals surface area contributed by atoms with E-state index in [4.69, 9.17) is 11.6 Å². The zero-order valence-electron chi connectivity index (χ0n) is 17.0. The predicted molar refractivity (Wildman–Crippen MR) is 122 cm³/mol. The van der Waals surface area contributed by atoms with Gasteiger partial charge in [0.25, 0.3) is 11.8 Å². The van der Waals surface area contributed by atoms with Crippen molar-refractivity contribution in [2.45, 2.75) is 13.0 Å². The molecular weight excluding hydrogens is 398 g/mol. The fraction of sp³-hybridized carbons (Fsp3) is 0.167. The quantitative estimate of drug-likeness (QED) is 0.545. The third-order valence-corrected chi connectivity index (χ3v) is 5.32. The van der Waals surface area contributed by atoms with E-state index in [-0.39, 0.29) is 18.4 Å². The highest BCUT2D eigenvalue weighted by molar-refractivity contribution is 6.33. The number of halogens is 1. The lowest BCUT2D eigenvalue weighted by Crippen LogP contribution is -3.14. The molecule has 0 aliphatic heterocycles. The average Bonchev–Trinajstić information content (AvgIpc) is 2.75. The zero-order valence-corrected chi connectivity index (χ0v) is 17.7. The fourth-order valence-electron chi connectivity index (χ4n) is 3.09. The number of quaternary nitrogens is 1. The molecule has 0 bridgehead atoms. The molecule has 0 saturated heterocycles. The summed E-state index contributed by atoms with van der Waals surface area (Å²) in [7, 11) is 1.82. The Balaban J connectivity index is 1.63. The van der Waals surface area contributed by atoms with Crippen LogP contribution >= 0.6 is 11.6 Å². The van der Waals surface area contributed by atoms with E-state index in [1.807, 2.05) is 61.6 Å². The van der Waals surface area contributed by atoms with E-state index in [1.54, 1.807) is 31.2 Å². The molecule has 6 heteroatoms. The minimum absolute atomic E-state index is 0.139. The van der Waals surface area contributed by atoms with Gasteiger partial charge >= 0.3 is 0 Å². The smallest absolute Gasteiger partial charge is 0.282 e. The number of carbonyl (C=O) groups is 2. The van der Waals surface area contributed by atoms with Crippen LogP contribution in [0.15, 0.2) is 78.9 Å². The summed E-state index contributed by atoms with van der Waals surface area (Å²) in [6.45, 7) is 1.94. The Labute approximate surface area is 181 Å². The first-order valence-corrected chi connectivity index (χ1v) is 10.2. The van der Waals surface area contributed by atoms with Crippen LogP contribution in [0, 0.1) is 0 Å². The van der Waals surface area contributed by atoms with Gasteiger partial charge in [-0.05, 0) is 30.7 Å². The van der Waals surface area contributed by atoms with Crippen molar-refractivity contribution in [3.63, 3.8) is 0 Å². The van der Waals surface area contributed by atoms with Gasteiger partial charge in [-0.2, -0.15) is 0 Å². The van der Waals surface area contributed by atoms with E-state index in [9.17, 15) is 9.59 Å². The van der Waals surface area contributed by atoms with Crippen LogP contribution in [-0.2, 0) is 9.59 Å². The second-order valence-corrected chi connectivity index (χ2v) is 7.58. The summed E-state index contributed by atoms with van der Waals surface area (Å²) < 4.78 is 0. The Morgan fingerprint density at radius 3 is 2.17 bits per heavy atom. The van der Waals surface area contributed by atoms with Gasteiger partial charge in [-0.1, -0.05) is 72.3 Å². The molecule has 3 aromatic rings. The predicted octanol–water partition coefficient (Wildman–Crippen LogP) is 3.49. The molecule has 2 amide bonds. The maximum Gasteiger partial charge on any atom is 0.282 e. The average molecular weight is 423 g/mol. The summed E-state index contributed by atoms with van der Waals surface area (Å²) in [5.74, 6) is -0.355. The molecule has 5 nitrogen and oxygen atoms in total. The van der Waals surface area contributed by atoms with Crippen molar-refractivity contribution >= 4 is 34.8 Å². The van der Waals surface area contributed by atoms with E-state index in [0.717, 1.165) is 21.7 Å². The summed E-state index contributed by atoms with van der Waals surface area (Å²) in [5.41, 5.74) is 3.29. The number of likely N-dealkylation sites (N-methyl/N-ethyl adjacent to an activating group) is 1. The second-order valence-electron chi connectivity index (χ2n) is 7.17. The summed E-state index contributed by atoms with van der Waals surface area (Å²) in [6.07, 6.45) is 0. The molecule has 0 aromatic heterocycles. The molecule has 3 N–H and O–H groups in total. The van der Waals surface area contributed by atoms with Crippen molar-refractivity contribution < 1.29 is 14.5 Å². The standard InChI is InChI=1S/C24H24ClN3O2/c1-17(28(2)16-23(29)26-22-15-9-7-13-20(22)25)24(30)27-21-14-8-6-12-19(21)18-10-4-3-5-11-18/h3-15,17H,16H2,1-2H3,(H,26,29)(H,27,30)/p+1/t17-/m1/s1. The van der Waals surface area contributed by atoms with Gasteiger partial charge in [0.1, 0.15) is 0 Å². The van der Waals surface area contributed by atoms with Gasteiger partial charge in [0.05, 0.1) is 17.8 Å². The van der Waals surface area contributed by atoms with E-state index in [0.29, 0.717) is 10.7 Å². The van der Waals surface area contributed by atoms with Crippen LogP contribution in [0.25, 0.3) is 11.1 Å². The van der Waals surface area contributed by atoms with Crippen molar-refractivity contribution in [3.05, 3.63) is 83.9 Å². The van der Waals surface area contributed by atoms with Crippen LogP contribution in [0.5, 0.6) is 0 Å². The van der Waals surface area contributed by atoms with Gasteiger partial charge in [0.15, 0.2) is 12.6 Å². The molecule has 30 heavy (non-hydrogen) atoms. The Bertz CT molecular complexity index is 1020. The minimum atomic E-state index is -0.425. The van der Waals surface area contributed by atoms with Crippen LogP contribution in [0.2, 0.25) is 5.02 Å². The van der Waals surface area contributed by atoms with E-state index < -0.39 is 6.04 Å². The maximum absolute atomic E-state index is 12.8. The van der Waals surface area contributed by atoms with Gasteiger partial charge in [-0.15, -0.1) is 0 Å². The highest BCUT2D eigenvalue weighted by atomic mass is 35.5. The highest BCUT2D eigenvalue weighted by Crippen LogP contribution is 2.27. The summed E-state index contributed by atoms with van der Waals surface area (Å²) >= 11 is 6.09. The van der Waals surface area contributed by atoms with E-state index in [2.05, 4.69) is 10.6 Å². The number of benzene rings is 3. The Hall–Kier alpha value is -3.15. The molecule has 0 aliphatic carbocycles. The van der Waals surface area contributed by atoms with E-state index in [1.165, 1.54) is 0 Å². The SMILES string of the molecule is C[C@H](C(=O)Nc1ccccc1-c1ccccc1)[NH+](C)CC(=O)Nc1ccccc1Cl. The van der Waals surface area contributed by atoms with Crippen LogP contribution in [0.4, 0.5) is 11.4 Å². The lowest BCUT2D eigenvalue weighted by atomic mass is 10.0.